The highest BCUT2D eigenvalue weighted by Gasteiger charge is 2.29. The fraction of sp³-hybridized carbons (Fsp3) is 0.500. The van der Waals surface area contributed by atoms with Crippen molar-refractivity contribution < 1.29 is 22.7 Å². The Labute approximate surface area is 121 Å². The van der Waals surface area contributed by atoms with Gasteiger partial charge in [0.1, 0.15) is 0 Å². The Bertz CT molecular complexity index is 447. The molecule has 0 heterocycles. The van der Waals surface area contributed by atoms with Crippen molar-refractivity contribution in [3.8, 4) is 0 Å². The second-order valence-electron chi connectivity index (χ2n) is 4.65. The first-order chi connectivity index (χ1) is 9.84. The Morgan fingerprint density at radius 2 is 1.95 bits per heavy atom. The van der Waals surface area contributed by atoms with Crippen LogP contribution in [0.15, 0.2) is 24.3 Å². The van der Waals surface area contributed by atoms with Gasteiger partial charge in [0.05, 0.1) is 11.6 Å². The van der Waals surface area contributed by atoms with E-state index in [2.05, 4.69) is 5.32 Å². The molecule has 118 valence electrons. The van der Waals surface area contributed by atoms with E-state index in [4.69, 9.17) is 10.5 Å². The van der Waals surface area contributed by atoms with Crippen molar-refractivity contribution in [1.82, 2.24) is 5.32 Å². The first kappa shape index (κ1) is 17.5. The Morgan fingerprint density at radius 3 is 2.48 bits per heavy atom. The molecule has 1 rings (SSSR count). The van der Waals surface area contributed by atoms with Crippen molar-refractivity contribution in [3.63, 3.8) is 0 Å². The van der Waals surface area contributed by atoms with E-state index in [-0.39, 0.29) is 12.5 Å². The summed E-state index contributed by atoms with van der Waals surface area (Å²) in [6.45, 7) is 0.675. The number of hydrogen-bond donors (Lipinski definition) is 2. The van der Waals surface area contributed by atoms with Crippen LogP contribution in [0.2, 0.25) is 0 Å². The zero-order valence-corrected chi connectivity index (χ0v) is 11.7. The highest BCUT2D eigenvalue weighted by Crippen LogP contribution is 2.28. The molecule has 0 saturated heterocycles. The summed E-state index contributed by atoms with van der Waals surface area (Å²) in [5, 5.41) is 2.60. The molecule has 4 nitrogen and oxygen atoms in total. The molecule has 0 saturated carbocycles. The fourth-order valence-electron chi connectivity index (χ4n) is 1.71. The van der Waals surface area contributed by atoms with E-state index in [0.29, 0.717) is 25.0 Å². The summed E-state index contributed by atoms with van der Waals surface area (Å²) < 4.78 is 42.0. The monoisotopic (exact) mass is 304 g/mol. The van der Waals surface area contributed by atoms with Crippen LogP contribution in [0.5, 0.6) is 0 Å². The number of methoxy groups -OCH3 is 1. The van der Waals surface area contributed by atoms with E-state index in [9.17, 15) is 18.0 Å². The zero-order valence-electron chi connectivity index (χ0n) is 11.7. The number of benzene rings is 1. The lowest BCUT2D eigenvalue weighted by Gasteiger charge is -2.12. The van der Waals surface area contributed by atoms with E-state index >= 15 is 0 Å². The van der Waals surface area contributed by atoms with Gasteiger partial charge in [0.2, 0.25) is 5.91 Å². The third kappa shape index (κ3) is 6.14. The first-order valence-corrected chi connectivity index (χ1v) is 6.53. The molecule has 0 fully saturated rings. The van der Waals surface area contributed by atoms with Gasteiger partial charge in [-0.05, 0) is 30.5 Å². The Kier molecular flexibility index (Phi) is 6.64. The molecule has 0 aliphatic heterocycles. The van der Waals surface area contributed by atoms with Crippen LogP contribution in [0.3, 0.4) is 0 Å². The molecule has 1 aromatic rings. The molecule has 1 aromatic carbocycles. The molecule has 21 heavy (non-hydrogen) atoms. The van der Waals surface area contributed by atoms with Gasteiger partial charge in [0, 0.05) is 20.3 Å². The SMILES string of the molecule is COCCCC(N)C(=O)NCc1ccc(C(F)(F)F)cc1. The highest BCUT2D eigenvalue weighted by atomic mass is 19.4. The zero-order chi connectivity index (χ0) is 15.9. The average Bonchev–Trinajstić information content (AvgIpc) is 2.44. The second-order valence-corrected chi connectivity index (χ2v) is 4.65. The Balaban J connectivity index is 2.42. The van der Waals surface area contributed by atoms with Crippen molar-refractivity contribution in [1.29, 1.82) is 0 Å². The molecule has 0 radical (unpaired) electrons. The number of carbonyl (C=O) groups is 1. The summed E-state index contributed by atoms with van der Waals surface area (Å²) in [5.74, 6) is -0.328. The number of halogens is 3. The maximum absolute atomic E-state index is 12.4. The molecule has 7 heteroatoms. The van der Waals surface area contributed by atoms with Gasteiger partial charge >= 0.3 is 6.18 Å². The molecule has 0 spiro atoms. The van der Waals surface area contributed by atoms with Crippen molar-refractivity contribution >= 4 is 5.91 Å². The quantitative estimate of drug-likeness (QED) is 0.758. The second kappa shape index (κ2) is 7.99. The topological polar surface area (TPSA) is 64.3 Å². The third-order valence-corrected chi connectivity index (χ3v) is 2.95. The van der Waals surface area contributed by atoms with Crippen LogP contribution < -0.4 is 11.1 Å². The van der Waals surface area contributed by atoms with Crippen molar-refractivity contribution in [2.75, 3.05) is 13.7 Å². The summed E-state index contributed by atoms with van der Waals surface area (Å²) >= 11 is 0. The van der Waals surface area contributed by atoms with Gasteiger partial charge in [-0.1, -0.05) is 12.1 Å². The third-order valence-electron chi connectivity index (χ3n) is 2.95. The molecular formula is C14H19F3N2O2. The summed E-state index contributed by atoms with van der Waals surface area (Å²) in [6.07, 6.45) is -3.19. The number of carbonyl (C=O) groups excluding carboxylic acids is 1. The standard InChI is InChI=1S/C14H19F3N2O2/c1-21-8-2-3-12(18)13(20)19-9-10-4-6-11(7-5-10)14(15,16)17/h4-7,12H,2-3,8-9,18H2,1H3,(H,19,20). The number of rotatable bonds is 7. The highest BCUT2D eigenvalue weighted by molar-refractivity contribution is 5.81. The minimum Gasteiger partial charge on any atom is -0.385 e. The summed E-state index contributed by atoms with van der Waals surface area (Å²) in [4.78, 5) is 11.7. The molecule has 1 atom stereocenters. The lowest BCUT2D eigenvalue weighted by molar-refractivity contribution is -0.137. The smallest absolute Gasteiger partial charge is 0.385 e. The van der Waals surface area contributed by atoms with Crippen LogP contribution in [0.4, 0.5) is 13.2 Å². The molecule has 0 aromatic heterocycles. The van der Waals surface area contributed by atoms with Crippen molar-refractivity contribution in [3.05, 3.63) is 35.4 Å². The Hall–Kier alpha value is -1.60. The predicted octanol–water partition coefficient (Wildman–Crippen LogP) is 2.08. The molecule has 1 amide bonds. The molecule has 0 bridgehead atoms. The van der Waals surface area contributed by atoms with E-state index in [1.165, 1.54) is 12.1 Å². The summed E-state index contributed by atoms with van der Waals surface area (Å²) in [5.41, 5.74) is 5.56. The van der Waals surface area contributed by atoms with Crippen LogP contribution >= 0.6 is 0 Å². The van der Waals surface area contributed by atoms with Crippen molar-refractivity contribution in [2.24, 2.45) is 5.73 Å². The van der Waals surface area contributed by atoms with Crippen LogP contribution in [0.25, 0.3) is 0 Å². The van der Waals surface area contributed by atoms with E-state index in [1.807, 2.05) is 0 Å². The number of hydrogen-bond acceptors (Lipinski definition) is 3. The molecule has 0 aliphatic carbocycles. The average molecular weight is 304 g/mol. The van der Waals surface area contributed by atoms with Gasteiger partial charge in [-0.3, -0.25) is 4.79 Å². The maximum atomic E-state index is 12.4. The number of ether oxygens (including phenoxy) is 1. The lowest BCUT2D eigenvalue weighted by atomic mass is 10.1. The van der Waals surface area contributed by atoms with Crippen molar-refractivity contribution in [2.45, 2.75) is 31.6 Å². The predicted molar refractivity (Wildman–Crippen MR) is 72.4 cm³/mol. The molecule has 3 N–H and O–H groups in total. The van der Waals surface area contributed by atoms with Crippen LogP contribution in [0.1, 0.15) is 24.0 Å². The largest absolute Gasteiger partial charge is 0.416 e. The number of nitrogens with two attached hydrogens (primary N) is 1. The normalized spacial score (nSPS) is 13.0. The number of amides is 1. The lowest BCUT2D eigenvalue weighted by Crippen LogP contribution is -2.40. The van der Waals surface area contributed by atoms with Gasteiger partial charge in [-0.25, -0.2) is 0 Å². The summed E-state index contributed by atoms with van der Waals surface area (Å²) in [7, 11) is 1.57. The molecular weight excluding hydrogens is 285 g/mol. The van der Waals surface area contributed by atoms with Crippen LogP contribution in [-0.4, -0.2) is 25.7 Å². The van der Waals surface area contributed by atoms with Gasteiger partial charge in [0.15, 0.2) is 0 Å². The fourth-order valence-corrected chi connectivity index (χ4v) is 1.71. The number of alkyl halides is 3. The molecule has 0 aliphatic rings. The minimum atomic E-state index is -4.36. The Morgan fingerprint density at radius 1 is 1.33 bits per heavy atom. The first-order valence-electron chi connectivity index (χ1n) is 6.53. The summed E-state index contributed by atoms with van der Waals surface area (Å²) in [6, 6.07) is 3.99. The van der Waals surface area contributed by atoms with Gasteiger partial charge in [0.25, 0.3) is 0 Å². The molecule has 1 unspecified atom stereocenters. The van der Waals surface area contributed by atoms with Crippen LogP contribution in [0, 0.1) is 0 Å². The van der Waals surface area contributed by atoms with E-state index < -0.39 is 17.8 Å². The van der Waals surface area contributed by atoms with E-state index in [1.54, 1.807) is 7.11 Å². The van der Waals surface area contributed by atoms with Crippen LogP contribution in [-0.2, 0) is 22.3 Å². The van der Waals surface area contributed by atoms with E-state index in [0.717, 1.165) is 12.1 Å². The van der Waals surface area contributed by atoms with Gasteiger partial charge < -0.3 is 15.8 Å². The van der Waals surface area contributed by atoms with Gasteiger partial charge in [-0.15, -0.1) is 0 Å². The minimum absolute atomic E-state index is 0.148. The van der Waals surface area contributed by atoms with Gasteiger partial charge in [-0.2, -0.15) is 13.2 Å². The maximum Gasteiger partial charge on any atom is 0.416 e. The number of nitrogens with one attached hydrogen (secondary N) is 1.